The highest BCUT2D eigenvalue weighted by Gasteiger charge is 2.13. The van der Waals surface area contributed by atoms with Gasteiger partial charge in [0.15, 0.2) is 11.5 Å². The first-order valence-electron chi connectivity index (χ1n) is 7.31. The van der Waals surface area contributed by atoms with Crippen molar-refractivity contribution in [3.05, 3.63) is 23.8 Å². The molecule has 20 heavy (non-hydrogen) atoms. The first-order chi connectivity index (χ1) is 9.44. The molecule has 1 aromatic rings. The largest absolute Gasteiger partial charge is 0.486 e. The molecule has 0 amide bonds. The molecule has 0 bridgehead atoms. The molecule has 4 heteroatoms. The van der Waals surface area contributed by atoms with Gasteiger partial charge in [-0.2, -0.15) is 0 Å². The van der Waals surface area contributed by atoms with E-state index in [4.69, 9.17) is 9.47 Å². The van der Waals surface area contributed by atoms with Crippen molar-refractivity contribution in [2.75, 3.05) is 19.8 Å². The first kappa shape index (κ1) is 15.1. The van der Waals surface area contributed by atoms with Crippen LogP contribution < -0.4 is 20.1 Å². The van der Waals surface area contributed by atoms with Crippen molar-refractivity contribution < 1.29 is 9.47 Å². The number of rotatable bonds is 5. The molecular formula is C16H26N2O2. The number of hydrogen-bond acceptors (Lipinski definition) is 4. The van der Waals surface area contributed by atoms with Crippen LogP contribution in [0.5, 0.6) is 11.5 Å². The second-order valence-electron chi connectivity index (χ2n) is 6.39. The van der Waals surface area contributed by atoms with Gasteiger partial charge in [-0.3, -0.25) is 0 Å². The number of ether oxygens (including phenoxy) is 2. The zero-order valence-electron chi connectivity index (χ0n) is 13.0. The molecule has 4 nitrogen and oxygen atoms in total. The van der Waals surface area contributed by atoms with E-state index in [2.05, 4.69) is 50.5 Å². The number of nitrogens with one attached hydrogen (secondary N) is 2. The second-order valence-corrected chi connectivity index (χ2v) is 6.39. The van der Waals surface area contributed by atoms with Crippen molar-refractivity contribution in [2.45, 2.75) is 45.8 Å². The van der Waals surface area contributed by atoms with Gasteiger partial charge in [-0.25, -0.2) is 0 Å². The summed E-state index contributed by atoms with van der Waals surface area (Å²) < 4.78 is 11.1. The second kappa shape index (κ2) is 6.46. The Morgan fingerprint density at radius 2 is 1.85 bits per heavy atom. The normalized spacial score (nSPS) is 16.0. The average molecular weight is 278 g/mol. The van der Waals surface area contributed by atoms with E-state index in [-0.39, 0.29) is 5.54 Å². The van der Waals surface area contributed by atoms with E-state index in [1.54, 1.807) is 0 Å². The number of hydrogen-bond donors (Lipinski definition) is 2. The Morgan fingerprint density at radius 1 is 1.15 bits per heavy atom. The third-order valence-electron chi connectivity index (χ3n) is 3.20. The van der Waals surface area contributed by atoms with E-state index in [9.17, 15) is 0 Å². The van der Waals surface area contributed by atoms with Gasteiger partial charge in [-0.15, -0.1) is 0 Å². The topological polar surface area (TPSA) is 42.5 Å². The van der Waals surface area contributed by atoms with Crippen LogP contribution >= 0.6 is 0 Å². The van der Waals surface area contributed by atoms with E-state index in [0.29, 0.717) is 19.3 Å². The van der Waals surface area contributed by atoms with Gasteiger partial charge in [0.1, 0.15) is 13.2 Å². The van der Waals surface area contributed by atoms with Crippen molar-refractivity contribution in [3.8, 4) is 11.5 Å². The molecule has 0 aromatic heterocycles. The summed E-state index contributed by atoms with van der Waals surface area (Å²) >= 11 is 0. The van der Waals surface area contributed by atoms with Crippen LogP contribution in [0.15, 0.2) is 18.2 Å². The molecule has 1 heterocycles. The van der Waals surface area contributed by atoms with Crippen molar-refractivity contribution in [2.24, 2.45) is 0 Å². The molecule has 0 spiro atoms. The number of fused-ring (bicyclic) bond motifs is 1. The Labute approximate surface area is 121 Å². The summed E-state index contributed by atoms with van der Waals surface area (Å²) in [5.41, 5.74) is 1.38. The van der Waals surface area contributed by atoms with Crippen LogP contribution in [0.4, 0.5) is 0 Å². The maximum atomic E-state index is 5.60. The zero-order chi connectivity index (χ0) is 14.6. The summed E-state index contributed by atoms with van der Waals surface area (Å²) in [5, 5.41) is 7.02. The highest BCUT2D eigenvalue weighted by atomic mass is 16.6. The maximum Gasteiger partial charge on any atom is 0.161 e. The lowest BCUT2D eigenvalue weighted by atomic mass is 10.1. The van der Waals surface area contributed by atoms with Gasteiger partial charge in [0.2, 0.25) is 0 Å². The molecule has 0 saturated carbocycles. The Bertz CT molecular complexity index is 441. The van der Waals surface area contributed by atoms with Crippen LogP contribution in [0.2, 0.25) is 0 Å². The lowest BCUT2D eigenvalue weighted by Crippen LogP contribution is -2.44. The summed E-state index contributed by atoms with van der Waals surface area (Å²) in [6.45, 7) is 11.8. The monoisotopic (exact) mass is 278 g/mol. The highest BCUT2D eigenvalue weighted by Crippen LogP contribution is 2.30. The fourth-order valence-corrected chi connectivity index (χ4v) is 2.02. The third kappa shape index (κ3) is 4.69. The van der Waals surface area contributed by atoms with Crippen LogP contribution in [0.1, 0.15) is 33.3 Å². The van der Waals surface area contributed by atoms with Gasteiger partial charge >= 0.3 is 0 Å². The quantitative estimate of drug-likeness (QED) is 0.867. The van der Waals surface area contributed by atoms with Gasteiger partial charge in [0.25, 0.3) is 0 Å². The Hall–Kier alpha value is -1.26. The van der Waals surface area contributed by atoms with Crippen molar-refractivity contribution >= 4 is 0 Å². The lowest BCUT2D eigenvalue weighted by molar-refractivity contribution is 0.171. The molecule has 1 unspecified atom stereocenters. The average Bonchev–Trinajstić information content (AvgIpc) is 2.42. The van der Waals surface area contributed by atoms with E-state index in [1.165, 1.54) is 5.56 Å². The zero-order valence-corrected chi connectivity index (χ0v) is 13.0. The summed E-state index contributed by atoms with van der Waals surface area (Å²) in [7, 11) is 0. The van der Waals surface area contributed by atoms with Crippen LogP contribution in [0.3, 0.4) is 0 Å². The molecule has 0 radical (unpaired) electrons. The van der Waals surface area contributed by atoms with Gasteiger partial charge < -0.3 is 20.1 Å². The molecule has 1 aromatic carbocycles. The van der Waals surface area contributed by atoms with Crippen molar-refractivity contribution in [3.63, 3.8) is 0 Å². The van der Waals surface area contributed by atoms with Gasteiger partial charge in [-0.05, 0) is 45.4 Å². The van der Waals surface area contributed by atoms with Gasteiger partial charge in [-0.1, -0.05) is 6.07 Å². The van der Waals surface area contributed by atoms with Crippen LogP contribution in [-0.2, 0) is 6.54 Å². The molecule has 1 atom stereocenters. The smallest absolute Gasteiger partial charge is 0.161 e. The minimum atomic E-state index is 0.160. The molecule has 2 N–H and O–H groups in total. The standard InChI is InChI=1S/C16H26N2O2/c1-12(10-18-16(2,3)4)17-11-13-5-6-14-15(9-13)20-8-7-19-14/h5-6,9,12,17-18H,7-8,10-11H2,1-4H3. The van der Waals surface area contributed by atoms with Crippen LogP contribution in [-0.4, -0.2) is 31.3 Å². The number of benzene rings is 1. The highest BCUT2D eigenvalue weighted by molar-refractivity contribution is 5.43. The predicted octanol–water partition coefficient (Wildman–Crippen LogP) is 2.32. The van der Waals surface area contributed by atoms with Crippen LogP contribution in [0, 0.1) is 0 Å². The summed E-state index contributed by atoms with van der Waals surface area (Å²) in [4.78, 5) is 0. The summed E-state index contributed by atoms with van der Waals surface area (Å²) in [5.74, 6) is 1.71. The Morgan fingerprint density at radius 3 is 2.55 bits per heavy atom. The molecule has 1 aliphatic rings. The van der Waals surface area contributed by atoms with E-state index >= 15 is 0 Å². The van der Waals surface area contributed by atoms with E-state index < -0.39 is 0 Å². The molecular weight excluding hydrogens is 252 g/mol. The van der Waals surface area contributed by atoms with E-state index in [1.807, 2.05) is 6.07 Å². The van der Waals surface area contributed by atoms with Gasteiger partial charge in [0.05, 0.1) is 0 Å². The Balaban J connectivity index is 1.81. The minimum absolute atomic E-state index is 0.160. The fourth-order valence-electron chi connectivity index (χ4n) is 2.02. The molecule has 2 rings (SSSR count). The van der Waals surface area contributed by atoms with Gasteiger partial charge in [0, 0.05) is 24.7 Å². The first-order valence-corrected chi connectivity index (χ1v) is 7.31. The van der Waals surface area contributed by atoms with E-state index in [0.717, 1.165) is 24.6 Å². The molecule has 112 valence electrons. The third-order valence-corrected chi connectivity index (χ3v) is 3.20. The molecule has 1 aliphatic heterocycles. The van der Waals surface area contributed by atoms with Crippen molar-refractivity contribution in [1.29, 1.82) is 0 Å². The Kier molecular flexibility index (Phi) is 4.89. The molecule has 0 saturated heterocycles. The predicted molar refractivity (Wildman–Crippen MR) is 81.5 cm³/mol. The van der Waals surface area contributed by atoms with Crippen LogP contribution in [0.25, 0.3) is 0 Å². The summed E-state index contributed by atoms with van der Waals surface area (Å²) in [6, 6.07) is 6.56. The molecule has 0 fully saturated rings. The SMILES string of the molecule is CC(CNC(C)(C)C)NCc1ccc2c(c1)OCCO2. The van der Waals surface area contributed by atoms with Crippen molar-refractivity contribution in [1.82, 2.24) is 10.6 Å². The summed E-state index contributed by atoms with van der Waals surface area (Å²) in [6.07, 6.45) is 0. The fraction of sp³-hybridized carbons (Fsp3) is 0.625. The lowest BCUT2D eigenvalue weighted by Gasteiger charge is -2.24. The minimum Gasteiger partial charge on any atom is -0.486 e. The maximum absolute atomic E-state index is 5.60. The molecule has 0 aliphatic carbocycles.